The van der Waals surface area contributed by atoms with E-state index in [0.717, 1.165) is 48.0 Å². The Morgan fingerprint density at radius 2 is 2.12 bits per heavy atom. The summed E-state index contributed by atoms with van der Waals surface area (Å²) in [5.41, 5.74) is 3.64. The SMILES string of the molecule is Cc1nc2n(n1)CC(C(=O)N1CCc3ccc(Cl)c(C)c3C1)CC2. The van der Waals surface area contributed by atoms with Gasteiger partial charge in [-0.15, -0.1) is 0 Å². The van der Waals surface area contributed by atoms with Crippen LogP contribution in [0.5, 0.6) is 0 Å². The van der Waals surface area contributed by atoms with E-state index in [1.165, 1.54) is 11.1 Å². The maximum Gasteiger partial charge on any atom is 0.227 e. The molecule has 0 N–H and O–H groups in total. The third-order valence-corrected chi connectivity index (χ3v) is 5.66. The van der Waals surface area contributed by atoms with Gasteiger partial charge in [-0.2, -0.15) is 5.10 Å². The normalized spacial score (nSPS) is 19.8. The van der Waals surface area contributed by atoms with Crippen LogP contribution in [-0.2, 0) is 30.7 Å². The van der Waals surface area contributed by atoms with Gasteiger partial charge in [0.05, 0.1) is 12.5 Å². The van der Waals surface area contributed by atoms with Gasteiger partial charge in [-0.05, 0) is 49.4 Å². The third kappa shape index (κ3) is 2.61. The summed E-state index contributed by atoms with van der Waals surface area (Å²) in [7, 11) is 0. The number of carbonyl (C=O) groups excluding carboxylic acids is 1. The Labute approximate surface area is 146 Å². The van der Waals surface area contributed by atoms with E-state index in [-0.39, 0.29) is 11.8 Å². The first kappa shape index (κ1) is 15.6. The smallest absolute Gasteiger partial charge is 0.227 e. The Morgan fingerprint density at radius 1 is 1.29 bits per heavy atom. The predicted molar refractivity (Wildman–Crippen MR) is 91.9 cm³/mol. The first-order chi connectivity index (χ1) is 11.5. The summed E-state index contributed by atoms with van der Waals surface area (Å²) in [6, 6.07) is 4.06. The summed E-state index contributed by atoms with van der Waals surface area (Å²) < 4.78 is 1.90. The maximum absolute atomic E-state index is 13.0. The number of carbonyl (C=O) groups is 1. The molecule has 1 unspecified atom stereocenters. The largest absolute Gasteiger partial charge is 0.338 e. The molecule has 2 aliphatic rings. The van der Waals surface area contributed by atoms with Crippen LogP contribution in [0.15, 0.2) is 12.1 Å². The predicted octanol–water partition coefficient (Wildman–Crippen LogP) is 2.70. The van der Waals surface area contributed by atoms with E-state index < -0.39 is 0 Å². The van der Waals surface area contributed by atoms with Crippen LogP contribution in [0.25, 0.3) is 0 Å². The molecule has 0 radical (unpaired) electrons. The molecule has 3 heterocycles. The maximum atomic E-state index is 13.0. The number of fused-ring (bicyclic) bond motifs is 2. The van der Waals surface area contributed by atoms with Gasteiger partial charge in [-0.1, -0.05) is 17.7 Å². The van der Waals surface area contributed by atoms with Gasteiger partial charge < -0.3 is 4.90 Å². The van der Waals surface area contributed by atoms with Crippen LogP contribution in [0.4, 0.5) is 0 Å². The molecule has 1 atom stereocenters. The Kier molecular flexibility index (Phi) is 3.83. The van der Waals surface area contributed by atoms with Gasteiger partial charge in [0.2, 0.25) is 5.91 Å². The standard InChI is InChI=1S/C18H21ClN4O/c1-11-15-10-22(8-7-13(15)3-5-16(11)19)18(24)14-4-6-17-20-12(2)21-23(17)9-14/h3,5,14H,4,6-10H2,1-2H3. The summed E-state index contributed by atoms with van der Waals surface area (Å²) in [6.45, 7) is 6.04. The van der Waals surface area contributed by atoms with Crippen molar-refractivity contribution in [3.63, 3.8) is 0 Å². The van der Waals surface area contributed by atoms with Gasteiger partial charge in [-0.3, -0.25) is 4.79 Å². The summed E-state index contributed by atoms with van der Waals surface area (Å²) >= 11 is 6.26. The first-order valence-electron chi connectivity index (χ1n) is 8.49. The number of nitrogens with zero attached hydrogens (tertiary/aromatic N) is 4. The molecule has 0 saturated heterocycles. The second-order valence-corrected chi connectivity index (χ2v) is 7.22. The van der Waals surface area contributed by atoms with Crippen molar-refractivity contribution in [2.75, 3.05) is 6.54 Å². The van der Waals surface area contributed by atoms with Crippen molar-refractivity contribution < 1.29 is 4.79 Å². The molecule has 2 aromatic rings. The van der Waals surface area contributed by atoms with Crippen LogP contribution in [0.3, 0.4) is 0 Å². The molecule has 24 heavy (non-hydrogen) atoms. The number of amides is 1. The zero-order chi connectivity index (χ0) is 16.8. The summed E-state index contributed by atoms with van der Waals surface area (Å²) in [5.74, 6) is 2.02. The lowest BCUT2D eigenvalue weighted by atomic mass is 9.93. The number of aromatic nitrogens is 3. The molecule has 5 nitrogen and oxygen atoms in total. The molecule has 0 fully saturated rings. The molecule has 1 aromatic heterocycles. The third-order valence-electron chi connectivity index (χ3n) is 5.25. The lowest BCUT2D eigenvalue weighted by molar-refractivity contribution is -0.137. The number of aryl methyl sites for hydroxylation is 2. The lowest BCUT2D eigenvalue weighted by Gasteiger charge is -2.34. The van der Waals surface area contributed by atoms with Crippen LogP contribution in [0.2, 0.25) is 5.02 Å². The summed E-state index contributed by atoms with van der Waals surface area (Å²) in [4.78, 5) is 19.4. The fraction of sp³-hybridized carbons (Fsp3) is 0.500. The minimum Gasteiger partial charge on any atom is -0.338 e. The van der Waals surface area contributed by atoms with E-state index in [0.29, 0.717) is 13.1 Å². The molecular formula is C18H21ClN4O. The van der Waals surface area contributed by atoms with Crippen molar-refractivity contribution in [1.29, 1.82) is 0 Å². The van der Waals surface area contributed by atoms with Gasteiger partial charge >= 0.3 is 0 Å². The monoisotopic (exact) mass is 344 g/mol. The highest BCUT2D eigenvalue weighted by Crippen LogP contribution is 2.29. The minimum atomic E-state index is -0.000333. The molecule has 0 spiro atoms. The minimum absolute atomic E-state index is 0.000333. The number of hydrogen-bond donors (Lipinski definition) is 0. The van der Waals surface area contributed by atoms with Crippen molar-refractivity contribution in [3.05, 3.63) is 45.5 Å². The highest BCUT2D eigenvalue weighted by molar-refractivity contribution is 6.31. The summed E-state index contributed by atoms with van der Waals surface area (Å²) in [6.07, 6.45) is 2.58. The quantitative estimate of drug-likeness (QED) is 0.799. The van der Waals surface area contributed by atoms with Crippen LogP contribution in [-0.4, -0.2) is 32.1 Å². The topological polar surface area (TPSA) is 51.0 Å². The number of hydrogen-bond acceptors (Lipinski definition) is 3. The van der Waals surface area contributed by atoms with Crippen molar-refractivity contribution in [1.82, 2.24) is 19.7 Å². The number of rotatable bonds is 1. The van der Waals surface area contributed by atoms with Gasteiger partial charge in [0.15, 0.2) is 0 Å². The van der Waals surface area contributed by atoms with Crippen LogP contribution >= 0.6 is 11.6 Å². The van der Waals surface area contributed by atoms with Gasteiger partial charge in [-0.25, -0.2) is 9.67 Å². The molecular weight excluding hydrogens is 324 g/mol. The zero-order valence-electron chi connectivity index (χ0n) is 14.0. The van der Waals surface area contributed by atoms with Crippen molar-refractivity contribution in [2.45, 2.75) is 46.2 Å². The van der Waals surface area contributed by atoms with E-state index in [2.05, 4.69) is 16.1 Å². The van der Waals surface area contributed by atoms with Crippen molar-refractivity contribution in [3.8, 4) is 0 Å². The number of halogens is 1. The Morgan fingerprint density at radius 3 is 2.96 bits per heavy atom. The lowest BCUT2D eigenvalue weighted by Crippen LogP contribution is -2.42. The molecule has 6 heteroatoms. The zero-order valence-corrected chi connectivity index (χ0v) is 14.8. The van der Waals surface area contributed by atoms with Gasteiger partial charge in [0, 0.05) is 24.5 Å². The molecule has 2 aliphatic heterocycles. The molecule has 0 bridgehead atoms. The molecule has 0 aliphatic carbocycles. The fourth-order valence-corrected chi connectivity index (χ4v) is 4.02. The first-order valence-corrected chi connectivity index (χ1v) is 8.86. The fourth-order valence-electron chi connectivity index (χ4n) is 3.85. The van der Waals surface area contributed by atoms with Crippen LogP contribution in [0.1, 0.15) is 34.8 Å². The van der Waals surface area contributed by atoms with E-state index in [1.54, 1.807) is 0 Å². The van der Waals surface area contributed by atoms with Crippen LogP contribution in [0, 0.1) is 19.8 Å². The van der Waals surface area contributed by atoms with Crippen molar-refractivity contribution >= 4 is 17.5 Å². The Bertz CT molecular complexity index is 814. The van der Waals surface area contributed by atoms with E-state index in [4.69, 9.17) is 11.6 Å². The van der Waals surface area contributed by atoms with Crippen LogP contribution < -0.4 is 0 Å². The van der Waals surface area contributed by atoms with E-state index >= 15 is 0 Å². The molecule has 1 aromatic carbocycles. The average molecular weight is 345 g/mol. The molecule has 4 rings (SSSR count). The molecule has 1 amide bonds. The van der Waals surface area contributed by atoms with Gasteiger partial charge in [0.1, 0.15) is 11.6 Å². The Balaban J connectivity index is 1.53. The number of benzene rings is 1. The molecule has 0 saturated carbocycles. The second kappa shape index (κ2) is 5.88. The van der Waals surface area contributed by atoms with E-state index in [1.807, 2.05) is 29.5 Å². The van der Waals surface area contributed by atoms with Crippen molar-refractivity contribution in [2.24, 2.45) is 5.92 Å². The van der Waals surface area contributed by atoms with E-state index in [9.17, 15) is 4.79 Å². The average Bonchev–Trinajstić information content (AvgIpc) is 2.96. The second-order valence-electron chi connectivity index (χ2n) is 6.81. The summed E-state index contributed by atoms with van der Waals surface area (Å²) in [5, 5.41) is 5.19. The van der Waals surface area contributed by atoms with Gasteiger partial charge in [0.25, 0.3) is 0 Å². The molecule has 126 valence electrons. The highest BCUT2D eigenvalue weighted by atomic mass is 35.5. The highest BCUT2D eigenvalue weighted by Gasteiger charge is 2.31. The Hall–Kier alpha value is -1.88.